The molecule has 0 saturated heterocycles. The summed E-state index contributed by atoms with van der Waals surface area (Å²) in [5.74, 6) is -1.73. The first-order chi connectivity index (χ1) is 13.6. The van der Waals surface area contributed by atoms with E-state index in [1.807, 2.05) is 0 Å². The van der Waals surface area contributed by atoms with E-state index in [4.69, 9.17) is 9.47 Å². The summed E-state index contributed by atoms with van der Waals surface area (Å²) in [6.45, 7) is 11.4. The smallest absolute Gasteiger partial charge is 0.410 e. The van der Waals surface area contributed by atoms with Gasteiger partial charge in [-0.15, -0.1) is 6.58 Å². The van der Waals surface area contributed by atoms with Crippen LogP contribution in [0.15, 0.2) is 18.9 Å². The maximum absolute atomic E-state index is 13.2. The molecule has 1 aliphatic carbocycles. The van der Waals surface area contributed by atoms with Gasteiger partial charge in [0.15, 0.2) is 0 Å². The summed E-state index contributed by atoms with van der Waals surface area (Å²) in [7, 11) is 0. The Morgan fingerprint density at radius 2 is 2.17 bits per heavy atom. The highest BCUT2D eigenvalue weighted by Gasteiger charge is 2.61. The van der Waals surface area contributed by atoms with Gasteiger partial charge in [-0.05, 0) is 34.1 Å². The lowest BCUT2D eigenvalue weighted by Crippen LogP contribution is -2.51. The van der Waals surface area contributed by atoms with Gasteiger partial charge in [0, 0.05) is 18.0 Å². The molecular weight excluding hydrogens is 376 g/mol. The molecule has 0 radical (unpaired) electrons. The quantitative estimate of drug-likeness (QED) is 0.572. The number of rotatable bonds is 5. The van der Waals surface area contributed by atoms with E-state index in [0.717, 1.165) is 5.56 Å². The van der Waals surface area contributed by atoms with Crippen molar-refractivity contribution < 1.29 is 23.9 Å². The largest absolute Gasteiger partial charge is 0.464 e. The van der Waals surface area contributed by atoms with Crippen molar-refractivity contribution in [2.45, 2.75) is 57.7 Å². The molecule has 1 saturated carbocycles. The molecule has 9 nitrogen and oxygen atoms in total. The topological polar surface area (TPSA) is 114 Å². The summed E-state index contributed by atoms with van der Waals surface area (Å²) in [5.41, 5.74) is -0.367. The Bertz CT molecular complexity index is 827. The highest BCUT2D eigenvalue weighted by molar-refractivity contribution is 5.94. The minimum Gasteiger partial charge on any atom is -0.464 e. The number of amides is 2. The Balaban J connectivity index is 1.80. The standard InChI is InChI=1S/C20H28N4O5/c1-6-13-8-20(13,17(26)28-7-2)22-16(25)14-11-24(18(27)29-19(3,4)5)10-12-9-21-23-15(12)14/h6,9,13-14H,1,7-8,10-11H2,2-5H3,(H,21,23)(H,22,25). The first-order valence-electron chi connectivity index (χ1n) is 9.73. The van der Waals surface area contributed by atoms with Gasteiger partial charge in [-0.3, -0.25) is 9.89 Å². The summed E-state index contributed by atoms with van der Waals surface area (Å²) in [6, 6.07) is 0. The average molecular weight is 404 g/mol. The fourth-order valence-corrected chi connectivity index (χ4v) is 3.58. The van der Waals surface area contributed by atoms with Crippen molar-refractivity contribution in [3.63, 3.8) is 0 Å². The monoisotopic (exact) mass is 404 g/mol. The zero-order valence-corrected chi connectivity index (χ0v) is 17.3. The minimum atomic E-state index is -1.09. The van der Waals surface area contributed by atoms with E-state index in [9.17, 15) is 14.4 Å². The molecule has 3 rings (SSSR count). The second kappa shape index (κ2) is 7.53. The zero-order valence-electron chi connectivity index (χ0n) is 17.3. The Morgan fingerprint density at radius 3 is 2.76 bits per heavy atom. The second-order valence-corrected chi connectivity index (χ2v) is 8.45. The predicted molar refractivity (Wildman–Crippen MR) is 104 cm³/mol. The maximum atomic E-state index is 13.2. The van der Waals surface area contributed by atoms with Crippen LogP contribution in [0.4, 0.5) is 4.79 Å². The van der Waals surface area contributed by atoms with Crippen LogP contribution < -0.4 is 5.32 Å². The van der Waals surface area contributed by atoms with Crippen molar-refractivity contribution in [1.82, 2.24) is 20.4 Å². The minimum absolute atomic E-state index is 0.119. The molecule has 3 unspecified atom stereocenters. The SMILES string of the molecule is C=CC1CC1(NC(=O)C1CN(C(=O)OC(C)(C)C)Cc2cn[nH]c21)C(=O)OCC. The van der Waals surface area contributed by atoms with E-state index in [0.29, 0.717) is 18.7 Å². The molecule has 29 heavy (non-hydrogen) atoms. The van der Waals surface area contributed by atoms with Gasteiger partial charge < -0.3 is 19.7 Å². The summed E-state index contributed by atoms with van der Waals surface area (Å²) in [5, 5.41) is 9.73. The van der Waals surface area contributed by atoms with Crippen molar-refractivity contribution in [3.8, 4) is 0 Å². The van der Waals surface area contributed by atoms with E-state index in [-0.39, 0.29) is 25.0 Å². The number of ether oxygens (including phenoxy) is 2. The number of esters is 1. The molecule has 0 spiro atoms. The maximum Gasteiger partial charge on any atom is 0.410 e. The number of carbonyl (C=O) groups excluding carboxylic acids is 3. The van der Waals surface area contributed by atoms with Crippen LogP contribution in [0.1, 0.15) is 51.3 Å². The van der Waals surface area contributed by atoms with Crippen molar-refractivity contribution >= 4 is 18.0 Å². The van der Waals surface area contributed by atoms with Gasteiger partial charge in [0.05, 0.1) is 31.0 Å². The number of hydrogen-bond acceptors (Lipinski definition) is 6. The van der Waals surface area contributed by atoms with Crippen LogP contribution in [0.25, 0.3) is 0 Å². The van der Waals surface area contributed by atoms with E-state index in [1.165, 1.54) is 4.90 Å². The van der Waals surface area contributed by atoms with Gasteiger partial charge in [0.1, 0.15) is 11.1 Å². The molecule has 1 fully saturated rings. The van der Waals surface area contributed by atoms with Crippen molar-refractivity contribution in [2.24, 2.45) is 5.92 Å². The van der Waals surface area contributed by atoms with Crippen LogP contribution in [0.2, 0.25) is 0 Å². The van der Waals surface area contributed by atoms with E-state index < -0.39 is 29.1 Å². The number of carbonyl (C=O) groups is 3. The lowest BCUT2D eigenvalue weighted by atomic mass is 9.95. The molecule has 2 heterocycles. The number of fused-ring (bicyclic) bond motifs is 1. The molecule has 9 heteroatoms. The molecule has 1 aliphatic heterocycles. The van der Waals surface area contributed by atoms with Crippen LogP contribution >= 0.6 is 0 Å². The van der Waals surface area contributed by atoms with Gasteiger partial charge in [0.2, 0.25) is 5.91 Å². The molecule has 3 atom stereocenters. The van der Waals surface area contributed by atoms with Crippen molar-refractivity contribution in [2.75, 3.05) is 13.2 Å². The van der Waals surface area contributed by atoms with Crippen LogP contribution in [0.5, 0.6) is 0 Å². The van der Waals surface area contributed by atoms with Gasteiger partial charge in [0.25, 0.3) is 0 Å². The molecule has 2 aliphatic rings. The van der Waals surface area contributed by atoms with E-state index in [2.05, 4.69) is 22.1 Å². The first kappa shape index (κ1) is 20.9. The number of H-pyrrole nitrogens is 1. The Morgan fingerprint density at radius 1 is 1.45 bits per heavy atom. The summed E-state index contributed by atoms with van der Waals surface area (Å²) in [6.07, 6.45) is 3.18. The van der Waals surface area contributed by atoms with Crippen molar-refractivity contribution in [3.05, 3.63) is 30.1 Å². The second-order valence-electron chi connectivity index (χ2n) is 8.45. The van der Waals surface area contributed by atoms with Crippen LogP contribution in [0.3, 0.4) is 0 Å². The van der Waals surface area contributed by atoms with E-state index >= 15 is 0 Å². The van der Waals surface area contributed by atoms with Crippen LogP contribution in [-0.2, 0) is 25.6 Å². The Labute approximate surface area is 169 Å². The average Bonchev–Trinajstić information content (AvgIpc) is 3.14. The highest BCUT2D eigenvalue weighted by Crippen LogP contribution is 2.46. The lowest BCUT2D eigenvalue weighted by molar-refractivity contribution is -0.149. The van der Waals surface area contributed by atoms with Crippen LogP contribution in [-0.4, -0.2) is 57.4 Å². The summed E-state index contributed by atoms with van der Waals surface area (Å²) in [4.78, 5) is 39.6. The zero-order chi connectivity index (χ0) is 21.4. The van der Waals surface area contributed by atoms with Gasteiger partial charge in [-0.25, -0.2) is 9.59 Å². The van der Waals surface area contributed by atoms with Crippen molar-refractivity contribution in [1.29, 1.82) is 0 Å². The molecule has 1 aromatic heterocycles. The van der Waals surface area contributed by atoms with E-state index in [1.54, 1.807) is 40.0 Å². The molecule has 2 amide bonds. The molecule has 1 aromatic rings. The molecular formula is C20H28N4O5. The van der Waals surface area contributed by atoms with Gasteiger partial charge >= 0.3 is 12.1 Å². The summed E-state index contributed by atoms with van der Waals surface area (Å²) >= 11 is 0. The number of aromatic nitrogens is 2. The third kappa shape index (κ3) is 4.13. The first-order valence-corrected chi connectivity index (χ1v) is 9.73. The third-order valence-corrected chi connectivity index (χ3v) is 5.12. The number of hydrogen-bond donors (Lipinski definition) is 2. The fourth-order valence-electron chi connectivity index (χ4n) is 3.58. The number of aromatic amines is 1. The Hall–Kier alpha value is -2.84. The predicted octanol–water partition coefficient (Wildman–Crippen LogP) is 1.87. The fraction of sp³-hybridized carbons (Fsp3) is 0.600. The number of nitrogens with zero attached hydrogens (tertiary/aromatic N) is 2. The molecule has 158 valence electrons. The number of nitrogens with one attached hydrogen (secondary N) is 2. The molecule has 2 N–H and O–H groups in total. The normalized spacial score (nSPS) is 25.6. The summed E-state index contributed by atoms with van der Waals surface area (Å²) < 4.78 is 10.6. The highest BCUT2D eigenvalue weighted by atomic mass is 16.6. The lowest BCUT2D eigenvalue weighted by Gasteiger charge is -2.33. The Kier molecular flexibility index (Phi) is 5.42. The third-order valence-electron chi connectivity index (χ3n) is 5.12. The van der Waals surface area contributed by atoms with Gasteiger partial charge in [-0.2, -0.15) is 5.10 Å². The van der Waals surface area contributed by atoms with Gasteiger partial charge in [-0.1, -0.05) is 6.08 Å². The molecule has 0 aromatic carbocycles. The van der Waals surface area contributed by atoms with Crippen LogP contribution in [0, 0.1) is 5.92 Å². The molecule has 0 bridgehead atoms.